The molecule has 82 valence electrons. The number of fused-ring (bicyclic) bond motifs is 1. The fourth-order valence-electron chi connectivity index (χ4n) is 2.41. The second-order valence-corrected chi connectivity index (χ2v) is 7.63. The molecule has 2 saturated heterocycles. The Morgan fingerprint density at radius 1 is 1.50 bits per heavy atom. The molecule has 2 aliphatic heterocycles. The van der Waals surface area contributed by atoms with E-state index in [0.717, 1.165) is 26.2 Å². The summed E-state index contributed by atoms with van der Waals surface area (Å²) in [5.74, 6) is 0. The Labute approximate surface area is 91.6 Å². The second kappa shape index (κ2) is 4.18. The average Bonchev–Trinajstić information content (AvgIpc) is 2.73. The summed E-state index contributed by atoms with van der Waals surface area (Å²) in [4.78, 5) is 0. The summed E-state index contributed by atoms with van der Waals surface area (Å²) in [7, 11) is 0. The van der Waals surface area contributed by atoms with Gasteiger partial charge in [-0.1, -0.05) is 13.8 Å². The van der Waals surface area contributed by atoms with Crippen LogP contribution in [0.4, 0.5) is 0 Å². The lowest BCUT2D eigenvalue weighted by molar-refractivity contribution is 0.324. The number of hydrogen-bond acceptors (Lipinski definition) is 2. The predicted octanol–water partition coefficient (Wildman–Crippen LogP) is 2.05. The van der Waals surface area contributed by atoms with Gasteiger partial charge >= 0.3 is 0 Å². The summed E-state index contributed by atoms with van der Waals surface area (Å²) in [6.45, 7) is 6.60. The van der Waals surface area contributed by atoms with Gasteiger partial charge in [0.2, 0.25) is 6.57 Å². The molecule has 0 bridgehead atoms. The number of nitrogens with zero attached hydrogens (tertiary/aromatic N) is 2. The molecule has 2 fully saturated rings. The Hall–Kier alpha value is 0.530. The van der Waals surface area contributed by atoms with Crippen LogP contribution in [0.3, 0.4) is 0 Å². The summed E-state index contributed by atoms with van der Waals surface area (Å²) < 4.78 is 10.7. The smallest absolute Gasteiger partial charge is 0.203 e. The first-order chi connectivity index (χ1) is 6.72. The van der Waals surface area contributed by atoms with E-state index in [2.05, 4.69) is 23.2 Å². The molecule has 2 atom stereocenters. The predicted molar refractivity (Wildman–Crippen MR) is 62.9 cm³/mol. The van der Waals surface area contributed by atoms with Crippen molar-refractivity contribution in [1.82, 2.24) is 9.34 Å². The second-order valence-electron chi connectivity index (χ2n) is 3.88. The third kappa shape index (κ3) is 1.57. The first-order valence-electron chi connectivity index (χ1n) is 5.49. The van der Waals surface area contributed by atoms with Gasteiger partial charge in [0.15, 0.2) is 0 Å². The van der Waals surface area contributed by atoms with E-state index in [9.17, 15) is 0 Å². The van der Waals surface area contributed by atoms with Crippen molar-refractivity contribution in [2.75, 3.05) is 26.2 Å². The normalized spacial score (nSPS) is 38.1. The fourth-order valence-corrected chi connectivity index (χ4v) is 6.63. The van der Waals surface area contributed by atoms with Crippen molar-refractivity contribution in [3.63, 3.8) is 0 Å². The standard InChI is InChI=1S/C9H19N2OPS/c1-3-10(4-2)13(14)11-7-5-6-9(11)8-12-13/h9H,3-8H2,1-2H3/t9-,13?/m0/s1. The quantitative estimate of drug-likeness (QED) is 0.694. The minimum Gasteiger partial charge on any atom is -0.325 e. The van der Waals surface area contributed by atoms with Gasteiger partial charge in [-0.3, -0.25) is 0 Å². The van der Waals surface area contributed by atoms with E-state index in [4.69, 9.17) is 16.3 Å². The first-order valence-corrected chi connectivity index (χ1v) is 8.12. The van der Waals surface area contributed by atoms with Crippen LogP contribution in [0.2, 0.25) is 0 Å². The van der Waals surface area contributed by atoms with Crippen LogP contribution in [-0.4, -0.2) is 41.6 Å². The van der Waals surface area contributed by atoms with Gasteiger partial charge in [-0.25, -0.2) is 9.34 Å². The zero-order valence-corrected chi connectivity index (χ0v) is 10.7. The van der Waals surface area contributed by atoms with Crippen molar-refractivity contribution < 1.29 is 4.52 Å². The van der Waals surface area contributed by atoms with Gasteiger partial charge in [0, 0.05) is 25.7 Å². The van der Waals surface area contributed by atoms with Gasteiger partial charge in [0.05, 0.1) is 6.61 Å². The van der Waals surface area contributed by atoms with E-state index >= 15 is 0 Å². The van der Waals surface area contributed by atoms with Crippen LogP contribution in [0.5, 0.6) is 0 Å². The molecule has 0 spiro atoms. The Morgan fingerprint density at radius 2 is 2.21 bits per heavy atom. The van der Waals surface area contributed by atoms with Crippen molar-refractivity contribution in [3.05, 3.63) is 0 Å². The molecule has 1 unspecified atom stereocenters. The topological polar surface area (TPSA) is 15.7 Å². The fraction of sp³-hybridized carbons (Fsp3) is 1.00. The molecular formula is C9H19N2OPS. The Morgan fingerprint density at radius 3 is 2.86 bits per heavy atom. The Balaban J connectivity index is 2.18. The van der Waals surface area contributed by atoms with Crippen molar-refractivity contribution >= 4 is 18.4 Å². The lowest BCUT2D eigenvalue weighted by Gasteiger charge is -2.34. The molecule has 0 aliphatic carbocycles. The maximum atomic E-state index is 5.93. The van der Waals surface area contributed by atoms with Crippen molar-refractivity contribution in [2.24, 2.45) is 0 Å². The van der Waals surface area contributed by atoms with Crippen LogP contribution >= 0.6 is 6.57 Å². The maximum Gasteiger partial charge on any atom is 0.203 e. The first kappa shape index (κ1) is 11.0. The summed E-state index contributed by atoms with van der Waals surface area (Å²) >= 11 is 5.76. The van der Waals surface area contributed by atoms with Crippen LogP contribution in [0.1, 0.15) is 26.7 Å². The minimum absolute atomic E-state index is 0.626. The van der Waals surface area contributed by atoms with E-state index in [1.807, 2.05) is 0 Å². The monoisotopic (exact) mass is 234 g/mol. The molecule has 0 saturated carbocycles. The van der Waals surface area contributed by atoms with Gasteiger partial charge in [0.1, 0.15) is 0 Å². The van der Waals surface area contributed by atoms with Crippen molar-refractivity contribution in [3.8, 4) is 0 Å². The van der Waals surface area contributed by atoms with Crippen LogP contribution in [0.25, 0.3) is 0 Å². The molecule has 14 heavy (non-hydrogen) atoms. The zero-order valence-electron chi connectivity index (χ0n) is 8.98. The molecule has 0 aromatic heterocycles. The summed E-state index contributed by atoms with van der Waals surface area (Å²) in [6, 6.07) is 0.626. The number of rotatable bonds is 3. The highest BCUT2D eigenvalue weighted by atomic mass is 32.5. The largest absolute Gasteiger partial charge is 0.325 e. The molecule has 0 amide bonds. The molecule has 3 nitrogen and oxygen atoms in total. The molecule has 2 heterocycles. The molecule has 2 aliphatic rings. The van der Waals surface area contributed by atoms with Crippen molar-refractivity contribution in [2.45, 2.75) is 32.7 Å². The maximum absolute atomic E-state index is 5.93. The van der Waals surface area contributed by atoms with E-state index in [0.29, 0.717) is 6.04 Å². The molecule has 0 aromatic rings. The highest BCUT2D eigenvalue weighted by Gasteiger charge is 2.45. The SMILES string of the molecule is CCN(CC)P1(=S)OC[C@@H]2CCCN21. The summed E-state index contributed by atoms with van der Waals surface area (Å²) in [5, 5.41) is 0. The van der Waals surface area contributed by atoms with E-state index in [1.54, 1.807) is 0 Å². The lowest BCUT2D eigenvalue weighted by atomic mass is 10.2. The van der Waals surface area contributed by atoms with Gasteiger partial charge < -0.3 is 4.52 Å². The average molecular weight is 234 g/mol. The third-order valence-corrected chi connectivity index (χ3v) is 7.77. The van der Waals surface area contributed by atoms with Gasteiger partial charge in [0.25, 0.3) is 0 Å². The highest BCUT2D eigenvalue weighted by Crippen LogP contribution is 2.61. The van der Waals surface area contributed by atoms with Crippen LogP contribution in [0.15, 0.2) is 0 Å². The Kier molecular flexibility index (Phi) is 3.30. The van der Waals surface area contributed by atoms with Crippen molar-refractivity contribution in [1.29, 1.82) is 0 Å². The molecule has 0 aromatic carbocycles. The summed E-state index contributed by atoms with van der Waals surface area (Å²) in [5.41, 5.74) is 0. The van der Waals surface area contributed by atoms with Gasteiger partial charge in [-0.05, 0) is 24.6 Å². The van der Waals surface area contributed by atoms with Crippen LogP contribution in [0, 0.1) is 0 Å². The van der Waals surface area contributed by atoms with Crippen LogP contribution < -0.4 is 0 Å². The molecule has 5 heteroatoms. The van der Waals surface area contributed by atoms with Gasteiger partial charge in [-0.15, -0.1) is 0 Å². The lowest BCUT2D eigenvalue weighted by Crippen LogP contribution is -2.29. The van der Waals surface area contributed by atoms with E-state index < -0.39 is 6.57 Å². The molecule has 2 rings (SSSR count). The van der Waals surface area contributed by atoms with E-state index in [1.165, 1.54) is 12.8 Å². The van der Waals surface area contributed by atoms with Gasteiger partial charge in [-0.2, -0.15) is 0 Å². The molecular weight excluding hydrogens is 215 g/mol. The highest BCUT2D eigenvalue weighted by molar-refractivity contribution is 8.10. The third-order valence-electron chi connectivity index (χ3n) is 3.19. The minimum atomic E-state index is -1.78. The Bertz CT molecular complexity index is 257. The molecule has 0 N–H and O–H groups in total. The summed E-state index contributed by atoms with van der Waals surface area (Å²) in [6.07, 6.45) is 2.58. The zero-order chi connectivity index (χ0) is 10.2. The molecule has 0 radical (unpaired) electrons. The number of hydrogen-bond donors (Lipinski definition) is 0. The van der Waals surface area contributed by atoms with E-state index in [-0.39, 0.29) is 0 Å². The van der Waals surface area contributed by atoms with Crippen LogP contribution in [-0.2, 0) is 16.3 Å².